The third-order valence-corrected chi connectivity index (χ3v) is 5.44. The summed E-state index contributed by atoms with van der Waals surface area (Å²) >= 11 is 18.1. The van der Waals surface area contributed by atoms with E-state index in [0.29, 0.717) is 37.6 Å². The van der Waals surface area contributed by atoms with Gasteiger partial charge in [0, 0.05) is 16.3 Å². The van der Waals surface area contributed by atoms with Crippen molar-refractivity contribution < 1.29 is 0 Å². The Hall–Kier alpha value is -2.79. The number of hydrogen-bond acceptors (Lipinski definition) is 3. The maximum absolute atomic E-state index is 12.7. The molecule has 0 saturated carbocycles. The van der Waals surface area contributed by atoms with Crippen molar-refractivity contribution in [3.8, 4) is 0 Å². The van der Waals surface area contributed by atoms with Crippen LogP contribution >= 0.6 is 34.8 Å². The third kappa shape index (κ3) is 4.51. The summed E-state index contributed by atoms with van der Waals surface area (Å²) in [7, 11) is 0. The second kappa shape index (κ2) is 8.52. The summed E-state index contributed by atoms with van der Waals surface area (Å²) in [5, 5.41) is 5.11. The van der Waals surface area contributed by atoms with Crippen molar-refractivity contribution in [1.82, 2.24) is 9.97 Å². The van der Waals surface area contributed by atoms with Gasteiger partial charge in [-0.15, -0.1) is 0 Å². The standard InChI is InChI=1S/C23H16Cl3N3O/c1-13-9-15(6-5-14-3-2-4-16(24)11-14)21-18(10-13)22(30)29-23(28-21)27-17-7-8-19(25)20(26)12-17/h2-12H,1H3,(H2,27,28,29,30). The topological polar surface area (TPSA) is 57.8 Å². The van der Waals surface area contributed by atoms with Crippen LogP contribution in [0.1, 0.15) is 16.7 Å². The van der Waals surface area contributed by atoms with Crippen LogP contribution in [0.2, 0.25) is 15.1 Å². The molecule has 4 rings (SSSR count). The van der Waals surface area contributed by atoms with Gasteiger partial charge in [-0.1, -0.05) is 59.1 Å². The average Bonchev–Trinajstić information content (AvgIpc) is 2.70. The number of rotatable bonds is 4. The molecule has 1 heterocycles. The number of aromatic nitrogens is 2. The number of nitrogens with zero attached hydrogens (tertiary/aromatic N) is 1. The molecule has 30 heavy (non-hydrogen) atoms. The lowest BCUT2D eigenvalue weighted by Crippen LogP contribution is -2.12. The van der Waals surface area contributed by atoms with Crippen LogP contribution in [0.4, 0.5) is 11.6 Å². The molecule has 4 aromatic rings. The van der Waals surface area contributed by atoms with Crippen LogP contribution in [-0.4, -0.2) is 9.97 Å². The van der Waals surface area contributed by atoms with Crippen LogP contribution in [0.25, 0.3) is 23.1 Å². The first kappa shape index (κ1) is 20.5. The number of halogens is 3. The number of fused-ring (bicyclic) bond motifs is 1. The van der Waals surface area contributed by atoms with Crippen LogP contribution in [0, 0.1) is 6.92 Å². The molecule has 0 atom stereocenters. The van der Waals surface area contributed by atoms with Crippen LogP contribution in [0.5, 0.6) is 0 Å². The van der Waals surface area contributed by atoms with Crippen molar-refractivity contribution in [2.45, 2.75) is 6.92 Å². The fourth-order valence-corrected chi connectivity index (χ4v) is 3.61. The van der Waals surface area contributed by atoms with Gasteiger partial charge in [-0.3, -0.25) is 9.78 Å². The Kier molecular flexibility index (Phi) is 5.82. The summed E-state index contributed by atoms with van der Waals surface area (Å²) in [5.74, 6) is 0.312. The molecule has 0 spiro atoms. The molecule has 0 fully saturated rings. The van der Waals surface area contributed by atoms with E-state index in [2.05, 4.69) is 15.3 Å². The minimum atomic E-state index is -0.233. The summed E-state index contributed by atoms with van der Waals surface area (Å²) < 4.78 is 0. The monoisotopic (exact) mass is 455 g/mol. The number of H-pyrrole nitrogens is 1. The summed E-state index contributed by atoms with van der Waals surface area (Å²) in [4.78, 5) is 20.1. The highest BCUT2D eigenvalue weighted by Crippen LogP contribution is 2.27. The molecule has 4 nitrogen and oxygen atoms in total. The first-order valence-electron chi connectivity index (χ1n) is 9.09. The minimum Gasteiger partial charge on any atom is -0.326 e. The fraction of sp³-hybridized carbons (Fsp3) is 0.0435. The van der Waals surface area contributed by atoms with Crippen LogP contribution in [0.15, 0.2) is 59.4 Å². The summed E-state index contributed by atoms with van der Waals surface area (Å²) in [5.41, 5.74) is 3.76. The van der Waals surface area contributed by atoms with Gasteiger partial charge in [0.2, 0.25) is 5.95 Å². The Labute approximate surface area is 188 Å². The van der Waals surface area contributed by atoms with Crippen LogP contribution in [0.3, 0.4) is 0 Å². The number of nitrogens with one attached hydrogen (secondary N) is 2. The van der Waals surface area contributed by atoms with Gasteiger partial charge in [-0.05, 0) is 60.5 Å². The third-order valence-electron chi connectivity index (χ3n) is 4.47. The summed E-state index contributed by atoms with van der Waals surface area (Å²) in [6, 6.07) is 16.4. The summed E-state index contributed by atoms with van der Waals surface area (Å²) in [6.45, 7) is 1.94. The summed E-state index contributed by atoms with van der Waals surface area (Å²) in [6.07, 6.45) is 3.87. The van der Waals surface area contributed by atoms with Gasteiger partial charge in [-0.2, -0.15) is 0 Å². The molecule has 0 aliphatic rings. The average molecular weight is 457 g/mol. The molecule has 0 radical (unpaired) electrons. The first-order chi connectivity index (χ1) is 14.4. The van der Waals surface area contributed by atoms with Crippen molar-refractivity contribution in [2.24, 2.45) is 0 Å². The molecule has 1 aromatic heterocycles. The zero-order chi connectivity index (χ0) is 21.3. The highest BCUT2D eigenvalue weighted by Gasteiger charge is 2.09. The highest BCUT2D eigenvalue weighted by molar-refractivity contribution is 6.42. The van der Waals surface area contributed by atoms with E-state index in [0.717, 1.165) is 16.7 Å². The van der Waals surface area contributed by atoms with Crippen molar-refractivity contribution in [2.75, 3.05) is 5.32 Å². The zero-order valence-electron chi connectivity index (χ0n) is 15.8. The molecular formula is C23H16Cl3N3O. The molecule has 0 amide bonds. The molecule has 3 aromatic carbocycles. The predicted molar refractivity (Wildman–Crippen MR) is 127 cm³/mol. The first-order valence-corrected chi connectivity index (χ1v) is 10.2. The second-order valence-electron chi connectivity index (χ2n) is 6.81. The van der Waals surface area contributed by atoms with Gasteiger partial charge >= 0.3 is 0 Å². The van der Waals surface area contributed by atoms with Gasteiger partial charge < -0.3 is 5.32 Å². The predicted octanol–water partition coefficient (Wildman–Crippen LogP) is 7.11. The normalized spacial score (nSPS) is 11.3. The van der Waals surface area contributed by atoms with E-state index in [1.54, 1.807) is 18.2 Å². The van der Waals surface area contributed by atoms with E-state index in [1.807, 2.05) is 55.5 Å². The maximum atomic E-state index is 12.7. The van der Waals surface area contributed by atoms with Gasteiger partial charge in [0.15, 0.2) is 0 Å². The number of benzene rings is 3. The smallest absolute Gasteiger partial charge is 0.260 e. The number of hydrogen-bond donors (Lipinski definition) is 2. The fourth-order valence-electron chi connectivity index (χ4n) is 3.11. The molecule has 150 valence electrons. The lowest BCUT2D eigenvalue weighted by Gasteiger charge is -2.09. The van der Waals surface area contributed by atoms with Gasteiger partial charge in [0.05, 0.1) is 20.9 Å². The molecule has 0 aliphatic heterocycles. The Morgan fingerprint density at radius 1 is 0.967 bits per heavy atom. The number of aryl methyl sites for hydroxylation is 1. The van der Waals surface area contributed by atoms with Crippen molar-refractivity contribution >= 4 is 69.5 Å². The maximum Gasteiger partial charge on any atom is 0.260 e. The SMILES string of the molecule is Cc1cc(C=Cc2cccc(Cl)c2)c2nc(Nc3ccc(Cl)c(Cl)c3)[nH]c(=O)c2c1. The van der Waals surface area contributed by atoms with E-state index in [-0.39, 0.29) is 5.56 Å². The van der Waals surface area contributed by atoms with E-state index in [9.17, 15) is 4.79 Å². The Bertz CT molecular complexity index is 1350. The Morgan fingerprint density at radius 3 is 2.57 bits per heavy atom. The van der Waals surface area contributed by atoms with Crippen molar-refractivity contribution in [3.63, 3.8) is 0 Å². The Balaban J connectivity index is 1.78. The minimum absolute atomic E-state index is 0.233. The molecule has 0 bridgehead atoms. The number of anilines is 2. The molecule has 0 unspecified atom stereocenters. The molecule has 0 saturated heterocycles. The lowest BCUT2D eigenvalue weighted by atomic mass is 10.1. The van der Waals surface area contributed by atoms with Crippen LogP contribution < -0.4 is 10.9 Å². The quantitative estimate of drug-likeness (QED) is 0.322. The van der Waals surface area contributed by atoms with E-state index in [4.69, 9.17) is 34.8 Å². The van der Waals surface area contributed by atoms with Gasteiger partial charge in [0.25, 0.3) is 5.56 Å². The molecule has 7 heteroatoms. The van der Waals surface area contributed by atoms with E-state index in [1.165, 1.54) is 0 Å². The molecule has 2 N–H and O–H groups in total. The van der Waals surface area contributed by atoms with Gasteiger partial charge in [0.1, 0.15) is 0 Å². The second-order valence-corrected chi connectivity index (χ2v) is 8.06. The van der Waals surface area contributed by atoms with E-state index < -0.39 is 0 Å². The zero-order valence-corrected chi connectivity index (χ0v) is 18.1. The van der Waals surface area contributed by atoms with E-state index >= 15 is 0 Å². The highest BCUT2D eigenvalue weighted by atomic mass is 35.5. The molecule has 0 aliphatic carbocycles. The van der Waals surface area contributed by atoms with Crippen molar-refractivity contribution in [3.05, 3.63) is 96.7 Å². The van der Waals surface area contributed by atoms with Crippen molar-refractivity contribution in [1.29, 1.82) is 0 Å². The van der Waals surface area contributed by atoms with Crippen LogP contribution in [-0.2, 0) is 0 Å². The van der Waals surface area contributed by atoms with Gasteiger partial charge in [-0.25, -0.2) is 4.98 Å². The number of aromatic amines is 1. The largest absolute Gasteiger partial charge is 0.326 e. The lowest BCUT2D eigenvalue weighted by molar-refractivity contribution is 1.17. The Morgan fingerprint density at radius 2 is 1.80 bits per heavy atom. The molecular weight excluding hydrogens is 441 g/mol.